The first-order chi connectivity index (χ1) is 9.99. The molecule has 21 heavy (non-hydrogen) atoms. The minimum absolute atomic E-state index is 0.151. The summed E-state index contributed by atoms with van der Waals surface area (Å²) in [5, 5.41) is 3.59. The zero-order valence-electron chi connectivity index (χ0n) is 13.8. The van der Waals surface area contributed by atoms with E-state index in [1.165, 1.54) is 22.3 Å². The number of ether oxygens (including phenoxy) is 1. The zero-order valence-corrected chi connectivity index (χ0v) is 13.8. The fourth-order valence-corrected chi connectivity index (χ4v) is 2.91. The molecule has 0 saturated heterocycles. The van der Waals surface area contributed by atoms with Gasteiger partial charge in [-0.05, 0) is 63.1 Å². The SMILES string of the molecule is CCNC(c1ccc(OC)cc1C)c1c(C)oc(C)c1C. The molecule has 1 N–H and O–H groups in total. The van der Waals surface area contributed by atoms with E-state index in [4.69, 9.17) is 9.15 Å². The average molecular weight is 287 g/mol. The van der Waals surface area contributed by atoms with Crippen molar-refractivity contribution in [2.75, 3.05) is 13.7 Å². The molecule has 0 aliphatic rings. The van der Waals surface area contributed by atoms with E-state index in [1.807, 2.05) is 19.9 Å². The first-order valence-corrected chi connectivity index (χ1v) is 7.44. The highest BCUT2D eigenvalue weighted by Gasteiger charge is 2.23. The normalized spacial score (nSPS) is 12.5. The van der Waals surface area contributed by atoms with Gasteiger partial charge in [-0.3, -0.25) is 0 Å². The Kier molecular flexibility index (Phi) is 4.73. The fraction of sp³-hybridized carbons (Fsp3) is 0.444. The smallest absolute Gasteiger partial charge is 0.119 e. The molecule has 0 fully saturated rings. The zero-order chi connectivity index (χ0) is 15.6. The van der Waals surface area contributed by atoms with Gasteiger partial charge in [-0.15, -0.1) is 0 Å². The van der Waals surface area contributed by atoms with Crippen molar-refractivity contribution >= 4 is 0 Å². The van der Waals surface area contributed by atoms with Crippen LogP contribution in [0.3, 0.4) is 0 Å². The number of methoxy groups -OCH3 is 1. The number of benzene rings is 1. The third kappa shape index (κ3) is 2.98. The van der Waals surface area contributed by atoms with Crippen molar-refractivity contribution in [1.29, 1.82) is 0 Å². The summed E-state index contributed by atoms with van der Waals surface area (Å²) in [4.78, 5) is 0. The number of hydrogen-bond donors (Lipinski definition) is 1. The second-order valence-electron chi connectivity index (χ2n) is 5.47. The molecule has 0 radical (unpaired) electrons. The van der Waals surface area contributed by atoms with Gasteiger partial charge in [0, 0.05) is 5.56 Å². The third-order valence-electron chi connectivity index (χ3n) is 4.10. The molecule has 1 unspecified atom stereocenters. The molecule has 3 heteroatoms. The van der Waals surface area contributed by atoms with E-state index < -0.39 is 0 Å². The maximum absolute atomic E-state index is 5.81. The molecule has 0 aliphatic carbocycles. The number of hydrogen-bond acceptors (Lipinski definition) is 3. The van der Waals surface area contributed by atoms with E-state index in [9.17, 15) is 0 Å². The van der Waals surface area contributed by atoms with Crippen LogP contribution in [0.4, 0.5) is 0 Å². The van der Waals surface area contributed by atoms with Gasteiger partial charge in [-0.1, -0.05) is 13.0 Å². The van der Waals surface area contributed by atoms with Crippen LogP contribution in [-0.2, 0) is 0 Å². The molecule has 0 amide bonds. The molecule has 1 aromatic carbocycles. The highest BCUT2D eigenvalue weighted by atomic mass is 16.5. The van der Waals surface area contributed by atoms with E-state index >= 15 is 0 Å². The molecule has 1 aromatic heterocycles. The quantitative estimate of drug-likeness (QED) is 0.894. The fourth-order valence-electron chi connectivity index (χ4n) is 2.91. The molecule has 0 saturated carbocycles. The lowest BCUT2D eigenvalue weighted by molar-refractivity contribution is 0.414. The topological polar surface area (TPSA) is 34.4 Å². The van der Waals surface area contributed by atoms with E-state index in [-0.39, 0.29) is 6.04 Å². The molecular weight excluding hydrogens is 262 g/mol. The first kappa shape index (κ1) is 15.6. The summed E-state index contributed by atoms with van der Waals surface area (Å²) in [6, 6.07) is 6.39. The van der Waals surface area contributed by atoms with E-state index in [0.717, 1.165) is 23.8 Å². The van der Waals surface area contributed by atoms with Crippen molar-refractivity contribution in [3.8, 4) is 5.75 Å². The monoisotopic (exact) mass is 287 g/mol. The Morgan fingerprint density at radius 2 is 1.86 bits per heavy atom. The van der Waals surface area contributed by atoms with Gasteiger partial charge in [0.25, 0.3) is 0 Å². The van der Waals surface area contributed by atoms with Crippen LogP contribution in [0.5, 0.6) is 5.75 Å². The Morgan fingerprint density at radius 3 is 2.33 bits per heavy atom. The number of rotatable bonds is 5. The first-order valence-electron chi connectivity index (χ1n) is 7.44. The lowest BCUT2D eigenvalue weighted by atomic mass is 9.92. The lowest BCUT2D eigenvalue weighted by Gasteiger charge is -2.21. The van der Waals surface area contributed by atoms with Gasteiger partial charge in [0.05, 0.1) is 13.2 Å². The Labute approximate surface area is 127 Å². The highest BCUT2D eigenvalue weighted by molar-refractivity contribution is 5.45. The van der Waals surface area contributed by atoms with E-state index in [1.54, 1.807) is 7.11 Å². The summed E-state index contributed by atoms with van der Waals surface area (Å²) in [6.45, 7) is 11.3. The van der Waals surface area contributed by atoms with Crippen LogP contribution >= 0.6 is 0 Å². The third-order valence-corrected chi connectivity index (χ3v) is 4.10. The summed E-state index contributed by atoms with van der Waals surface area (Å²) in [5.74, 6) is 2.88. The molecule has 3 nitrogen and oxygen atoms in total. The van der Waals surface area contributed by atoms with Crippen LogP contribution in [-0.4, -0.2) is 13.7 Å². The van der Waals surface area contributed by atoms with Gasteiger partial charge in [-0.2, -0.15) is 0 Å². The summed E-state index contributed by atoms with van der Waals surface area (Å²) in [7, 11) is 1.70. The average Bonchev–Trinajstić information content (AvgIpc) is 2.70. The van der Waals surface area contributed by atoms with Gasteiger partial charge in [0.1, 0.15) is 17.3 Å². The molecule has 1 heterocycles. The largest absolute Gasteiger partial charge is 0.497 e. The van der Waals surface area contributed by atoms with Crippen molar-refractivity contribution in [2.24, 2.45) is 0 Å². The van der Waals surface area contributed by atoms with Crippen molar-refractivity contribution in [2.45, 2.75) is 40.7 Å². The second-order valence-corrected chi connectivity index (χ2v) is 5.47. The van der Waals surface area contributed by atoms with Crippen molar-refractivity contribution in [1.82, 2.24) is 5.32 Å². The van der Waals surface area contributed by atoms with Crippen LogP contribution in [0.15, 0.2) is 22.6 Å². The molecule has 2 rings (SSSR count). The van der Waals surface area contributed by atoms with E-state index in [0.29, 0.717) is 0 Å². The van der Waals surface area contributed by atoms with E-state index in [2.05, 4.69) is 38.2 Å². The minimum atomic E-state index is 0.151. The molecule has 2 aromatic rings. The van der Waals surface area contributed by atoms with Crippen LogP contribution in [0, 0.1) is 27.7 Å². The van der Waals surface area contributed by atoms with Crippen molar-refractivity contribution < 1.29 is 9.15 Å². The van der Waals surface area contributed by atoms with Gasteiger partial charge in [0.2, 0.25) is 0 Å². The van der Waals surface area contributed by atoms with Gasteiger partial charge >= 0.3 is 0 Å². The Morgan fingerprint density at radius 1 is 1.14 bits per heavy atom. The predicted octanol–water partition coefficient (Wildman–Crippen LogP) is 4.22. The van der Waals surface area contributed by atoms with Gasteiger partial charge in [-0.25, -0.2) is 0 Å². The molecular formula is C18H25NO2. The maximum atomic E-state index is 5.81. The summed E-state index contributed by atoms with van der Waals surface area (Å²) >= 11 is 0. The van der Waals surface area contributed by atoms with Crippen LogP contribution in [0.25, 0.3) is 0 Å². The number of nitrogens with one attached hydrogen (secondary N) is 1. The van der Waals surface area contributed by atoms with Gasteiger partial charge < -0.3 is 14.5 Å². The molecule has 0 bridgehead atoms. The Hall–Kier alpha value is -1.74. The lowest BCUT2D eigenvalue weighted by Crippen LogP contribution is -2.23. The van der Waals surface area contributed by atoms with Crippen LogP contribution in [0.1, 0.15) is 46.7 Å². The highest BCUT2D eigenvalue weighted by Crippen LogP contribution is 2.33. The molecule has 0 aliphatic heterocycles. The Balaban J connectivity index is 2.53. The standard InChI is InChI=1S/C18H25NO2/c1-7-19-18(17-12(3)13(4)21-14(17)5)16-9-8-15(20-6)10-11(16)2/h8-10,18-19H,7H2,1-6H3. The maximum Gasteiger partial charge on any atom is 0.119 e. The molecule has 114 valence electrons. The number of furan rings is 1. The van der Waals surface area contributed by atoms with Crippen LogP contribution < -0.4 is 10.1 Å². The van der Waals surface area contributed by atoms with Gasteiger partial charge in [0.15, 0.2) is 0 Å². The van der Waals surface area contributed by atoms with Crippen molar-refractivity contribution in [3.05, 3.63) is 52.0 Å². The Bertz CT molecular complexity index is 628. The summed E-state index contributed by atoms with van der Waals surface area (Å²) in [5.41, 5.74) is 4.97. The summed E-state index contributed by atoms with van der Waals surface area (Å²) in [6.07, 6.45) is 0. The van der Waals surface area contributed by atoms with Crippen LogP contribution in [0.2, 0.25) is 0 Å². The summed E-state index contributed by atoms with van der Waals surface area (Å²) < 4.78 is 11.1. The number of aryl methyl sites for hydroxylation is 3. The predicted molar refractivity (Wildman–Crippen MR) is 86.2 cm³/mol. The molecule has 1 atom stereocenters. The second kappa shape index (κ2) is 6.35. The minimum Gasteiger partial charge on any atom is -0.497 e. The molecule has 0 spiro atoms. The van der Waals surface area contributed by atoms with Crippen molar-refractivity contribution in [3.63, 3.8) is 0 Å².